The summed E-state index contributed by atoms with van der Waals surface area (Å²) >= 11 is 0. The molecule has 2 nitrogen and oxygen atoms in total. The lowest BCUT2D eigenvalue weighted by Crippen LogP contribution is -2.04. The second kappa shape index (κ2) is 5.35. The van der Waals surface area contributed by atoms with E-state index < -0.39 is 0 Å². The Hall–Kier alpha value is -1.31. The summed E-state index contributed by atoms with van der Waals surface area (Å²) in [5.41, 5.74) is 3.64. The van der Waals surface area contributed by atoms with Crippen molar-refractivity contribution in [2.45, 2.75) is 39.5 Å². The fourth-order valence-electron chi connectivity index (χ4n) is 1.94. The number of aldehydes is 1. The van der Waals surface area contributed by atoms with Crippen molar-refractivity contribution in [1.82, 2.24) is 0 Å². The van der Waals surface area contributed by atoms with E-state index in [1.54, 1.807) is 0 Å². The number of aryl methyl sites for hydroxylation is 2. The standard InChI is InChI=1S/C15H20O2/c1-11-5-8-14(4-3-9-16)15(12(11)2)17-10-13-6-7-13/h5,8-9,13H,3-4,6-7,10H2,1-2H3. The van der Waals surface area contributed by atoms with Gasteiger partial charge in [0.15, 0.2) is 0 Å². The second-order valence-corrected chi connectivity index (χ2v) is 4.96. The van der Waals surface area contributed by atoms with E-state index in [1.807, 2.05) is 0 Å². The predicted octanol–water partition coefficient (Wildman–Crippen LogP) is 3.22. The normalized spacial score (nSPS) is 14.7. The van der Waals surface area contributed by atoms with E-state index in [9.17, 15) is 4.79 Å². The van der Waals surface area contributed by atoms with Crippen molar-refractivity contribution in [3.05, 3.63) is 28.8 Å². The molecule has 17 heavy (non-hydrogen) atoms. The minimum absolute atomic E-state index is 0.572. The van der Waals surface area contributed by atoms with E-state index in [0.29, 0.717) is 6.42 Å². The largest absolute Gasteiger partial charge is 0.493 e. The van der Waals surface area contributed by atoms with Crippen molar-refractivity contribution in [2.24, 2.45) is 5.92 Å². The monoisotopic (exact) mass is 232 g/mol. The quantitative estimate of drug-likeness (QED) is 0.704. The molecule has 0 unspecified atom stereocenters. The molecule has 0 saturated heterocycles. The van der Waals surface area contributed by atoms with Gasteiger partial charge >= 0.3 is 0 Å². The SMILES string of the molecule is Cc1ccc(CCC=O)c(OCC2CC2)c1C. The molecule has 0 spiro atoms. The molecular formula is C15H20O2. The lowest BCUT2D eigenvalue weighted by Gasteiger charge is -2.15. The van der Waals surface area contributed by atoms with Gasteiger partial charge in [0.05, 0.1) is 6.61 Å². The predicted molar refractivity (Wildman–Crippen MR) is 68.5 cm³/mol. The number of carbonyl (C=O) groups is 1. The molecule has 1 aromatic carbocycles. The van der Waals surface area contributed by atoms with Crippen LogP contribution in [-0.2, 0) is 11.2 Å². The number of ether oxygens (including phenoxy) is 1. The Kier molecular flexibility index (Phi) is 3.82. The van der Waals surface area contributed by atoms with Crippen molar-refractivity contribution in [3.63, 3.8) is 0 Å². The summed E-state index contributed by atoms with van der Waals surface area (Å²) in [6.07, 6.45) is 4.93. The summed E-state index contributed by atoms with van der Waals surface area (Å²) in [6, 6.07) is 4.20. The minimum atomic E-state index is 0.572. The third-order valence-corrected chi connectivity index (χ3v) is 3.45. The summed E-state index contributed by atoms with van der Waals surface area (Å²) in [5.74, 6) is 1.77. The van der Waals surface area contributed by atoms with Crippen LogP contribution in [0.1, 0.15) is 36.0 Å². The Balaban J connectivity index is 2.15. The van der Waals surface area contributed by atoms with E-state index in [0.717, 1.165) is 31.0 Å². The first-order chi connectivity index (χ1) is 8.22. The molecule has 1 aliphatic rings. The van der Waals surface area contributed by atoms with Crippen LogP contribution in [0.3, 0.4) is 0 Å². The number of hydrogen-bond acceptors (Lipinski definition) is 2. The molecule has 0 atom stereocenters. The first-order valence-electron chi connectivity index (χ1n) is 6.38. The van der Waals surface area contributed by atoms with Gasteiger partial charge in [-0.3, -0.25) is 0 Å². The molecule has 0 N–H and O–H groups in total. The molecule has 1 fully saturated rings. The molecule has 0 radical (unpaired) electrons. The fourth-order valence-corrected chi connectivity index (χ4v) is 1.94. The lowest BCUT2D eigenvalue weighted by atomic mass is 10.0. The first-order valence-corrected chi connectivity index (χ1v) is 6.38. The molecule has 2 heteroatoms. The highest BCUT2D eigenvalue weighted by atomic mass is 16.5. The fraction of sp³-hybridized carbons (Fsp3) is 0.533. The molecule has 2 rings (SSSR count). The van der Waals surface area contributed by atoms with Crippen molar-refractivity contribution in [3.8, 4) is 5.75 Å². The molecule has 1 aromatic rings. The molecule has 1 aliphatic carbocycles. The second-order valence-electron chi connectivity index (χ2n) is 4.96. The zero-order valence-electron chi connectivity index (χ0n) is 10.7. The van der Waals surface area contributed by atoms with Gasteiger partial charge in [0, 0.05) is 6.42 Å². The van der Waals surface area contributed by atoms with Gasteiger partial charge < -0.3 is 9.53 Å². The van der Waals surface area contributed by atoms with Crippen LogP contribution >= 0.6 is 0 Å². The zero-order valence-corrected chi connectivity index (χ0v) is 10.7. The van der Waals surface area contributed by atoms with E-state index in [4.69, 9.17) is 4.74 Å². The van der Waals surface area contributed by atoms with Gasteiger partial charge in [-0.25, -0.2) is 0 Å². The van der Waals surface area contributed by atoms with Gasteiger partial charge in [-0.2, -0.15) is 0 Å². The van der Waals surface area contributed by atoms with Crippen LogP contribution in [-0.4, -0.2) is 12.9 Å². The maximum atomic E-state index is 10.5. The minimum Gasteiger partial charge on any atom is -0.493 e. The maximum Gasteiger partial charge on any atom is 0.125 e. The van der Waals surface area contributed by atoms with Crippen LogP contribution in [0, 0.1) is 19.8 Å². The van der Waals surface area contributed by atoms with Crippen molar-refractivity contribution in [1.29, 1.82) is 0 Å². The van der Waals surface area contributed by atoms with Gasteiger partial charge in [0.1, 0.15) is 12.0 Å². The van der Waals surface area contributed by atoms with Gasteiger partial charge in [-0.1, -0.05) is 12.1 Å². The van der Waals surface area contributed by atoms with E-state index >= 15 is 0 Å². The molecular weight excluding hydrogens is 212 g/mol. The van der Waals surface area contributed by atoms with Crippen LogP contribution in [0.2, 0.25) is 0 Å². The number of benzene rings is 1. The Labute approximate surface area is 103 Å². The molecule has 0 amide bonds. The third-order valence-electron chi connectivity index (χ3n) is 3.45. The number of carbonyl (C=O) groups excluding carboxylic acids is 1. The van der Waals surface area contributed by atoms with Crippen LogP contribution in [0.4, 0.5) is 0 Å². The molecule has 0 aromatic heterocycles. The summed E-state index contributed by atoms with van der Waals surface area (Å²) in [6.45, 7) is 5.03. The van der Waals surface area contributed by atoms with Gasteiger partial charge in [-0.05, 0) is 55.7 Å². The molecule has 0 aliphatic heterocycles. The number of hydrogen-bond donors (Lipinski definition) is 0. The van der Waals surface area contributed by atoms with Crippen LogP contribution in [0.15, 0.2) is 12.1 Å². The van der Waals surface area contributed by atoms with Crippen LogP contribution < -0.4 is 4.74 Å². The smallest absolute Gasteiger partial charge is 0.125 e. The lowest BCUT2D eigenvalue weighted by molar-refractivity contribution is -0.107. The Morgan fingerprint density at radius 3 is 2.76 bits per heavy atom. The Morgan fingerprint density at radius 2 is 2.12 bits per heavy atom. The van der Waals surface area contributed by atoms with Crippen LogP contribution in [0.25, 0.3) is 0 Å². The molecule has 0 bridgehead atoms. The first kappa shape index (κ1) is 12.2. The molecule has 92 valence electrons. The molecule has 0 heterocycles. The van der Waals surface area contributed by atoms with Gasteiger partial charge in [0.2, 0.25) is 0 Å². The van der Waals surface area contributed by atoms with E-state index in [2.05, 4.69) is 26.0 Å². The third kappa shape index (κ3) is 3.09. The highest BCUT2D eigenvalue weighted by molar-refractivity contribution is 5.52. The van der Waals surface area contributed by atoms with Gasteiger partial charge in [0.25, 0.3) is 0 Å². The summed E-state index contributed by atoms with van der Waals surface area (Å²) < 4.78 is 5.95. The Morgan fingerprint density at radius 1 is 1.35 bits per heavy atom. The maximum absolute atomic E-state index is 10.5. The van der Waals surface area contributed by atoms with Crippen molar-refractivity contribution >= 4 is 6.29 Å². The summed E-state index contributed by atoms with van der Waals surface area (Å²) in [7, 11) is 0. The highest BCUT2D eigenvalue weighted by Crippen LogP contribution is 2.32. The van der Waals surface area contributed by atoms with Crippen LogP contribution in [0.5, 0.6) is 5.75 Å². The summed E-state index contributed by atoms with van der Waals surface area (Å²) in [5, 5.41) is 0. The molecule has 1 saturated carbocycles. The Bertz CT molecular complexity index is 406. The summed E-state index contributed by atoms with van der Waals surface area (Å²) in [4.78, 5) is 10.5. The topological polar surface area (TPSA) is 26.3 Å². The van der Waals surface area contributed by atoms with Crippen molar-refractivity contribution < 1.29 is 9.53 Å². The van der Waals surface area contributed by atoms with Crippen molar-refractivity contribution in [2.75, 3.05) is 6.61 Å². The van der Waals surface area contributed by atoms with E-state index in [-0.39, 0.29) is 0 Å². The van der Waals surface area contributed by atoms with Gasteiger partial charge in [-0.15, -0.1) is 0 Å². The highest BCUT2D eigenvalue weighted by Gasteiger charge is 2.22. The number of rotatable bonds is 6. The average Bonchev–Trinajstić information content (AvgIpc) is 3.13. The van der Waals surface area contributed by atoms with E-state index in [1.165, 1.54) is 29.5 Å². The zero-order chi connectivity index (χ0) is 12.3. The average molecular weight is 232 g/mol.